The van der Waals surface area contributed by atoms with E-state index in [2.05, 4.69) is 10.3 Å². The highest BCUT2D eigenvalue weighted by Crippen LogP contribution is 2.28. The number of hydrogen-bond acceptors (Lipinski definition) is 2. The van der Waals surface area contributed by atoms with Crippen LogP contribution in [0, 0.1) is 17.5 Å². The van der Waals surface area contributed by atoms with Gasteiger partial charge in [-0.2, -0.15) is 0 Å². The molecule has 3 rings (SSSR count). The average molecular weight is 357 g/mol. The molecular weight excluding hydrogens is 348 g/mol. The minimum atomic E-state index is -1.09. The molecule has 0 aliphatic rings. The lowest BCUT2D eigenvalue weighted by molar-refractivity contribution is 0.500. The molecule has 0 unspecified atom stereocenters. The Morgan fingerprint density at radius 1 is 0.957 bits per heavy atom. The maximum atomic E-state index is 13.8. The monoisotopic (exact) mass is 356 g/mol. The Morgan fingerprint density at radius 3 is 2.52 bits per heavy atom. The molecule has 118 valence electrons. The van der Waals surface area contributed by atoms with Crippen molar-refractivity contribution >= 4 is 39.8 Å². The van der Waals surface area contributed by atoms with Crippen molar-refractivity contribution in [2.24, 2.45) is 0 Å². The summed E-state index contributed by atoms with van der Waals surface area (Å²) in [6.45, 7) is 0.0219. The quantitative estimate of drug-likeness (QED) is 0.620. The van der Waals surface area contributed by atoms with Crippen molar-refractivity contribution in [3.05, 3.63) is 69.6 Å². The van der Waals surface area contributed by atoms with Gasteiger partial charge in [-0.15, -0.1) is 0 Å². The Bertz CT molecular complexity index is 900. The Hall–Kier alpha value is -1.98. The Kier molecular flexibility index (Phi) is 4.33. The van der Waals surface area contributed by atoms with Gasteiger partial charge in [0.25, 0.3) is 0 Å². The van der Waals surface area contributed by atoms with E-state index in [1.165, 1.54) is 30.5 Å². The molecule has 1 N–H and O–H groups in total. The number of nitrogens with zero attached hydrogens (tertiary/aromatic N) is 1. The number of benzene rings is 2. The fourth-order valence-corrected chi connectivity index (χ4v) is 2.50. The second-order valence-corrected chi connectivity index (χ2v) is 5.64. The van der Waals surface area contributed by atoms with E-state index in [0.29, 0.717) is 16.6 Å². The smallest absolute Gasteiger partial charge is 0.177 e. The zero-order valence-corrected chi connectivity index (χ0v) is 13.0. The predicted molar refractivity (Wildman–Crippen MR) is 85.4 cm³/mol. The summed E-state index contributed by atoms with van der Waals surface area (Å²) in [6, 6.07) is 6.96. The van der Waals surface area contributed by atoms with E-state index >= 15 is 0 Å². The summed E-state index contributed by atoms with van der Waals surface area (Å²) < 4.78 is 40.7. The largest absolute Gasteiger partial charge is 0.380 e. The van der Waals surface area contributed by atoms with Crippen LogP contribution in [0.3, 0.4) is 0 Å². The molecule has 0 saturated heterocycles. The third-order valence-corrected chi connectivity index (χ3v) is 3.95. The first-order valence-electron chi connectivity index (χ1n) is 6.57. The van der Waals surface area contributed by atoms with Crippen molar-refractivity contribution in [1.29, 1.82) is 0 Å². The van der Waals surface area contributed by atoms with Crippen LogP contribution in [0.25, 0.3) is 10.9 Å². The van der Waals surface area contributed by atoms with Gasteiger partial charge in [-0.05, 0) is 18.2 Å². The van der Waals surface area contributed by atoms with Crippen LogP contribution in [0.4, 0.5) is 18.9 Å². The van der Waals surface area contributed by atoms with Crippen LogP contribution in [-0.2, 0) is 6.54 Å². The van der Waals surface area contributed by atoms with E-state index in [1.807, 2.05) is 0 Å². The van der Waals surface area contributed by atoms with Crippen LogP contribution in [0.15, 0.2) is 36.5 Å². The number of pyridine rings is 1. The molecule has 0 bridgehead atoms. The Balaban J connectivity index is 1.94. The summed E-state index contributed by atoms with van der Waals surface area (Å²) in [6.07, 6.45) is 1.48. The molecular formula is C16H9Cl2F3N2. The maximum Gasteiger partial charge on any atom is 0.177 e. The zero-order valence-electron chi connectivity index (χ0n) is 11.5. The van der Waals surface area contributed by atoms with Crippen LogP contribution in [0.1, 0.15) is 5.56 Å². The first kappa shape index (κ1) is 15.9. The average Bonchev–Trinajstić information content (AvgIpc) is 2.53. The van der Waals surface area contributed by atoms with E-state index in [4.69, 9.17) is 23.2 Å². The molecule has 0 aliphatic carbocycles. The molecule has 0 spiro atoms. The summed E-state index contributed by atoms with van der Waals surface area (Å²) in [5.41, 5.74) is 1.09. The third-order valence-electron chi connectivity index (χ3n) is 3.37. The van der Waals surface area contributed by atoms with Crippen molar-refractivity contribution in [3.63, 3.8) is 0 Å². The van der Waals surface area contributed by atoms with Crippen LogP contribution < -0.4 is 5.32 Å². The summed E-state index contributed by atoms with van der Waals surface area (Å²) in [4.78, 5) is 4.05. The predicted octanol–water partition coefficient (Wildman–Crippen LogP) is 5.57. The highest BCUT2D eigenvalue weighted by molar-refractivity contribution is 6.31. The van der Waals surface area contributed by atoms with Crippen molar-refractivity contribution in [2.45, 2.75) is 6.54 Å². The van der Waals surface area contributed by atoms with Gasteiger partial charge in [0.05, 0.1) is 15.6 Å². The molecule has 3 aromatic rings. The van der Waals surface area contributed by atoms with Gasteiger partial charge >= 0.3 is 0 Å². The first-order valence-corrected chi connectivity index (χ1v) is 7.33. The van der Waals surface area contributed by atoms with E-state index in [0.717, 1.165) is 0 Å². The van der Waals surface area contributed by atoms with E-state index < -0.39 is 17.5 Å². The van der Waals surface area contributed by atoms with Gasteiger partial charge in [0, 0.05) is 35.4 Å². The molecule has 0 fully saturated rings. The fraction of sp³-hybridized carbons (Fsp3) is 0.0625. The minimum absolute atomic E-state index is 0.0219. The molecule has 1 aromatic heterocycles. The first-order chi connectivity index (χ1) is 11.0. The summed E-state index contributed by atoms with van der Waals surface area (Å²) in [5.74, 6) is -2.67. The van der Waals surface area contributed by atoms with Gasteiger partial charge in [-0.1, -0.05) is 29.3 Å². The minimum Gasteiger partial charge on any atom is -0.380 e. The number of hydrogen-bond donors (Lipinski definition) is 1. The molecule has 23 heavy (non-hydrogen) atoms. The lowest BCUT2D eigenvalue weighted by Crippen LogP contribution is -2.04. The number of halogens is 5. The Morgan fingerprint density at radius 2 is 1.74 bits per heavy atom. The van der Waals surface area contributed by atoms with Crippen LogP contribution in [0.5, 0.6) is 0 Å². The van der Waals surface area contributed by atoms with Gasteiger partial charge in [0.1, 0.15) is 5.82 Å². The molecule has 2 nitrogen and oxygen atoms in total. The number of nitrogens with one attached hydrogen (secondary N) is 1. The number of fused-ring (bicyclic) bond motifs is 1. The molecule has 1 heterocycles. The van der Waals surface area contributed by atoms with Gasteiger partial charge in [-0.3, -0.25) is 4.98 Å². The second kappa shape index (κ2) is 6.26. The zero-order chi connectivity index (χ0) is 16.6. The van der Waals surface area contributed by atoms with Crippen LogP contribution in [0.2, 0.25) is 10.0 Å². The number of aromatic nitrogens is 1. The van der Waals surface area contributed by atoms with Crippen LogP contribution in [-0.4, -0.2) is 4.98 Å². The third kappa shape index (κ3) is 3.07. The lowest BCUT2D eigenvalue weighted by Gasteiger charge is -2.11. The van der Waals surface area contributed by atoms with Crippen molar-refractivity contribution < 1.29 is 13.2 Å². The van der Waals surface area contributed by atoms with Crippen molar-refractivity contribution in [3.8, 4) is 0 Å². The SMILES string of the molecule is Fc1cc2nccc(NCc3ccc(Cl)c(F)c3F)c2cc1Cl. The van der Waals surface area contributed by atoms with Gasteiger partial charge in [0.15, 0.2) is 11.6 Å². The number of rotatable bonds is 3. The normalized spacial score (nSPS) is 11.0. The summed E-state index contributed by atoms with van der Waals surface area (Å²) in [5, 5.41) is 3.23. The maximum absolute atomic E-state index is 13.8. The van der Waals surface area contributed by atoms with Crippen LogP contribution >= 0.6 is 23.2 Å². The lowest BCUT2D eigenvalue weighted by atomic mass is 10.1. The highest BCUT2D eigenvalue weighted by atomic mass is 35.5. The van der Waals surface area contributed by atoms with Gasteiger partial charge < -0.3 is 5.32 Å². The molecule has 0 aliphatic heterocycles. The van der Waals surface area contributed by atoms with Crippen molar-refractivity contribution in [1.82, 2.24) is 4.98 Å². The molecule has 0 atom stereocenters. The molecule has 0 saturated carbocycles. The number of anilines is 1. The van der Waals surface area contributed by atoms with E-state index in [1.54, 1.807) is 6.07 Å². The summed E-state index contributed by atoms with van der Waals surface area (Å²) in [7, 11) is 0. The molecule has 7 heteroatoms. The van der Waals surface area contributed by atoms with E-state index in [-0.39, 0.29) is 22.2 Å². The molecule has 0 amide bonds. The highest BCUT2D eigenvalue weighted by Gasteiger charge is 2.13. The Labute approximate surface area is 139 Å². The second-order valence-electron chi connectivity index (χ2n) is 4.83. The molecule has 0 radical (unpaired) electrons. The van der Waals surface area contributed by atoms with Gasteiger partial charge in [0.2, 0.25) is 0 Å². The molecule has 2 aromatic carbocycles. The summed E-state index contributed by atoms with van der Waals surface area (Å²) >= 11 is 11.3. The van der Waals surface area contributed by atoms with E-state index in [9.17, 15) is 13.2 Å². The fourth-order valence-electron chi connectivity index (χ4n) is 2.19. The topological polar surface area (TPSA) is 24.9 Å². The van der Waals surface area contributed by atoms with Crippen molar-refractivity contribution in [2.75, 3.05) is 5.32 Å². The standard InChI is InChI=1S/C16H9Cl2F3N2/c17-10-2-1-8(15(20)16(10)21)7-23-13-3-4-22-14-6-12(19)11(18)5-9(13)14/h1-6H,7H2,(H,22,23). The van der Waals surface area contributed by atoms with Gasteiger partial charge in [-0.25, -0.2) is 13.2 Å².